The number of anilines is 1. The van der Waals surface area contributed by atoms with Gasteiger partial charge in [-0.1, -0.05) is 30.3 Å². The Morgan fingerprint density at radius 3 is 2.61 bits per heavy atom. The number of alkyl carbamates (subject to hydrolysis) is 1. The highest BCUT2D eigenvalue weighted by Gasteiger charge is 2.48. The van der Waals surface area contributed by atoms with E-state index in [-0.39, 0.29) is 19.0 Å². The lowest BCUT2D eigenvalue weighted by Crippen LogP contribution is -2.61. The number of carbonyl (C=O) groups is 2. The number of carbonyl (C=O) groups excluding carboxylic acids is 2. The lowest BCUT2D eigenvalue weighted by molar-refractivity contribution is -0.135. The number of alkyl halides is 1. The lowest BCUT2D eigenvalue weighted by Gasteiger charge is -2.40. The van der Waals surface area contributed by atoms with Crippen molar-refractivity contribution >= 4 is 17.8 Å². The molecule has 3 atom stereocenters. The predicted molar refractivity (Wildman–Crippen MR) is 111 cm³/mol. The zero-order valence-corrected chi connectivity index (χ0v) is 17.4. The molecule has 3 heterocycles. The number of nitrogens with zero attached hydrogens (tertiary/aromatic N) is 4. The van der Waals surface area contributed by atoms with E-state index in [0.29, 0.717) is 24.5 Å². The van der Waals surface area contributed by atoms with Gasteiger partial charge in [-0.25, -0.2) is 14.2 Å². The lowest BCUT2D eigenvalue weighted by atomic mass is 9.76. The van der Waals surface area contributed by atoms with Crippen LogP contribution in [0.4, 0.5) is 15.0 Å². The Hall–Kier alpha value is -3.27. The predicted octanol–water partition coefficient (Wildman–Crippen LogP) is 1.30. The quantitative estimate of drug-likeness (QED) is 0.693. The summed E-state index contributed by atoms with van der Waals surface area (Å²) in [5, 5.41) is 12.2. The van der Waals surface area contributed by atoms with Crippen molar-refractivity contribution in [1.82, 2.24) is 25.9 Å². The number of aryl methyl sites for hydroxylation is 1. The van der Waals surface area contributed by atoms with Gasteiger partial charge in [-0.3, -0.25) is 10.2 Å². The van der Waals surface area contributed by atoms with Gasteiger partial charge in [-0.05, 0) is 31.5 Å². The molecule has 9 nitrogen and oxygen atoms in total. The third-order valence-electron chi connectivity index (χ3n) is 5.83. The van der Waals surface area contributed by atoms with Crippen molar-refractivity contribution in [3.8, 4) is 0 Å². The van der Waals surface area contributed by atoms with Gasteiger partial charge in [0, 0.05) is 13.1 Å². The van der Waals surface area contributed by atoms with Gasteiger partial charge >= 0.3 is 6.09 Å². The summed E-state index contributed by atoms with van der Waals surface area (Å²) >= 11 is 0. The molecule has 3 unspecified atom stereocenters. The molecule has 1 aromatic carbocycles. The first-order chi connectivity index (χ1) is 14.9. The highest BCUT2D eigenvalue weighted by atomic mass is 19.1. The summed E-state index contributed by atoms with van der Waals surface area (Å²) in [5.74, 6) is 0.0955. The van der Waals surface area contributed by atoms with Crippen molar-refractivity contribution < 1.29 is 18.7 Å². The Morgan fingerprint density at radius 2 is 2.00 bits per heavy atom. The van der Waals surface area contributed by atoms with Gasteiger partial charge < -0.3 is 15.0 Å². The Labute approximate surface area is 179 Å². The number of amides is 2. The van der Waals surface area contributed by atoms with Crippen LogP contribution in [0.5, 0.6) is 0 Å². The fourth-order valence-corrected chi connectivity index (χ4v) is 3.86. The summed E-state index contributed by atoms with van der Waals surface area (Å²) in [4.78, 5) is 26.6. The van der Waals surface area contributed by atoms with E-state index in [9.17, 15) is 14.0 Å². The summed E-state index contributed by atoms with van der Waals surface area (Å²) in [5.41, 5.74) is 3.15. The molecule has 0 saturated carbocycles. The Kier molecular flexibility index (Phi) is 5.73. The van der Waals surface area contributed by atoms with Crippen LogP contribution in [0.2, 0.25) is 0 Å². The average molecular weight is 428 g/mol. The molecular weight excluding hydrogens is 403 g/mol. The molecule has 2 amide bonds. The Balaban J connectivity index is 1.48. The molecule has 2 aliphatic heterocycles. The molecule has 1 aromatic heterocycles. The summed E-state index contributed by atoms with van der Waals surface area (Å²) in [7, 11) is 0. The smallest absolute Gasteiger partial charge is 0.407 e. The molecule has 2 N–H and O–H groups in total. The molecule has 2 aromatic rings. The molecule has 0 aliphatic carbocycles. The van der Waals surface area contributed by atoms with Crippen LogP contribution < -0.4 is 15.6 Å². The maximum Gasteiger partial charge on any atom is 0.407 e. The van der Waals surface area contributed by atoms with E-state index >= 15 is 0 Å². The van der Waals surface area contributed by atoms with Gasteiger partial charge in [-0.15, -0.1) is 5.10 Å². The number of hydrogen-bond donors (Lipinski definition) is 2. The van der Waals surface area contributed by atoms with Gasteiger partial charge in [0.2, 0.25) is 5.91 Å². The first kappa shape index (κ1) is 21.0. The first-order valence-electron chi connectivity index (χ1n) is 10.1. The minimum atomic E-state index is -1.36. The van der Waals surface area contributed by atoms with Gasteiger partial charge in [0.05, 0.1) is 18.8 Å². The number of halogens is 1. The molecule has 0 spiro atoms. The van der Waals surface area contributed by atoms with Crippen LogP contribution in [0.1, 0.15) is 18.2 Å². The SMILES string of the molecule is Cc1ccc(N2CCN(NC(=O)C(C)(c3ccccc3)C3CNC(=O)O3)CC2F)nn1. The molecular formula is C21H25FN6O3. The standard InChI is InChI=1S/C21H25FN6O3/c1-14-8-9-18(25-24-14)28-11-10-27(13-17(28)22)26-19(29)21(2,15-6-4-3-5-7-15)16-12-23-20(30)31-16/h3-9,16-17H,10-13H2,1-2H3,(H,23,30)(H,26,29). The number of rotatable bonds is 5. The topological polar surface area (TPSA) is 99.7 Å². The molecule has 10 heteroatoms. The molecule has 31 heavy (non-hydrogen) atoms. The molecule has 2 saturated heterocycles. The third kappa shape index (κ3) is 4.15. The van der Waals surface area contributed by atoms with Crippen LogP contribution in [0, 0.1) is 6.92 Å². The molecule has 0 radical (unpaired) electrons. The second-order valence-electron chi connectivity index (χ2n) is 7.89. The van der Waals surface area contributed by atoms with E-state index in [1.54, 1.807) is 24.1 Å². The van der Waals surface area contributed by atoms with Gasteiger partial charge in [-0.2, -0.15) is 5.10 Å². The van der Waals surface area contributed by atoms with E-state index < -0.39 is 23.9 Å². The summed E-state index contributed by atoms with van der Waals surface area (Å²) in [6, 6.07) is 12.6. The second kappa shape index (κ2) is 8.46. The van der Waals surface area contributed by atoms with Crippen LogP contribution in [0.15, 0.2) is 42.5 Å². The van der Waals surface area contributed by atoms with Gasteiger partial charge in [0.15, 0.2) is 12.1 Å². The van der Waals surface area contributed by atoms with Crippen LogP contribution in [-0.4, -0.2) is 65.8 Å². The number of hydrazine groups is 1. The monoisotopic (exact) mass is 428 g/mol. The van der Waals surface area contributed by atoms with Crippen molar-refractivity contribution in [3.63, 3.8) is 0 Å². The second-order valence-corrected chi connectivity index (χ2v) is 7.89. The fourth-order valence-electron chi connectivity index (χ4n) is 3.86. The van der Waals surface area contributed by atoms with E-state index in [1.165, 1.54) is 4.90 Å². The van der Waals surface area contributed by atoms with Crippen LogP contribution in [0.3, 0.4) is 0 Å². The molecule has 164 valence electrons. The minimum Gasteiger partial charge on any atom is -0.443 e. The van der Waals surface area contributed by atoms with Crippen molar-refractivity contribution in [2.75, 3.05) is 31.1 Å². The van der Waals surface area contributed by atoms with Crippen molar-refractivity contribution in [2.24, 2.45) is 0 Å². The maximum atomic E-state index is 14.9. The summed E-state index contributed by atoms with van der Waals surface area (Å²) < 4.78 is 20.3. The number of aromatic nitrogens is 2. The molecule has 2 fully saturated rings. The zero-order chi connectivity index (χ0) is 22.0. The molecule has 2 aliphatic rings. The van der Waals surface area contributed by atoms with Crippen LogP contribution in [0.25, 0.3) is 0 Å². The van der Waals surface area contributed by atoms with E-state index in [2.05, 4.69) is 20.9 Å². The highest BCUT2D eigenvalue weighted by Crippen LogP contribution is 2.32. The Morgan fingerprint density at radius 1 is 1.23 bits per heavy atom. The summed E-state index contributed by atoms with van der Waals surface area (Å²) in [6.45, 7) is 4.46. The van der Waals surface area contributed by atoms with E-state index in [0.717, 1.165) is 5.69 Å². The number of piperazine rings is 1. The number of benzene rings is 1. The average Bonchev–Trinajstić information content (AvgIpc) is 3.21. The molecule has 0 bridgehead atoms. The van der Waals surface area contributed by atoms with Crippen molar-refractivity contribution in [1.29, 1.82) is 0 Å². The van der Waals surface area contributed by atoms with Gasteiger partial charge in [0.1, 0.15) is 11.5 Å². The highest BCUT2D eigenvalue weighted by molar-refractivity contribution is 5.89. The van der Waals surface area contributed by atoms with Crippen molar-refractivity contribution in [3.05, 3.63) is 53.7 Å². The molecule has 4 rings (SSSR count). The number of hydrogen-bond acceptors (Lipinski definition) is 7. The minimum absolute atomic E-state index is 0.0329. The number of cyclic esters (lactones) is 1. The van der Waals surface area contributed by atoms with E-state index in [4.69, 9.17) is 4.74 Å². The van der Waals surface area contributed by atoms with Crippen LogP contribution >= 0.6 is 0 Å². The van der Waals surface area contributed by atoms with Crippen LogP contribution in [-0.2, 0) is 14.9 Å². The first-order valence-corrected chi connectivity index (χ1v) is 10.1. The fraction of sp³-hybridized carbons (Fsp3) is 0.429. The van der Waals surface area contributed by atoms with Crippen molar-refractivity contribution in [2.45, 2.75) is 31.7 Å². The largest absolute Gasteiger partial charge is 0.443 e. The Bertz CT molecular complexity index is 944. The van der Waals surface area contributed by atoms with Gasteiger partial charge in [0.25, 0.3) is 0 Å². The third-order valence-corrected chi connectivity index (χ3v) is 5.83. The number of ether oxygens (including phenoxy) is 1. The zero-order valence-electron chi connectivity index (χ0n) is 17.4. The number of nitrogens with one attached hydrogen (secondary N) is 2. The summed E-state index contributed by atoms with van der Waals surface area (Å²) in [6.07, 6.45) is -2.61. The van der Waals surface area contributed by atoms with E-state index in [1.807, 2.05) is 37.3 Å². The normalized spacial score (nSPS) is 23.6. The maximum absolute atomic E-state index is 14.9.